The highest BCUT2D eigenvalue weighted by Gasteiger charge is 2.15. The number of pyridine rings is 1. The van der Waals surface area contributed by atoms with Crippen LogP contribution in [0.5, 0.6) is 0 Å². The molecule has 1 fully saturated rings. The Balaban J connectivity index is 1.65. The topological polar surface area (TPSA) is 62.7 Å². The minimum atomic E-state index is 0.562. The van der Waals surface area contributed by atoms with Gasteiger partial charge in [-0.3, -0.25) is 4.98 Å². The van der Waals surface area contributed by atoms with Gasteiger partial charge in [0.1, 0.15) is 5.82 Å². The lowest BCUT2D eigenvalue weighted by atomic mass is 10.2. The van der Waals surface area contributed by atoms with Crippen LogP contribution in [-0.4, -0.2) is 21.0 Å². The second kappa shape index (κ2) is 6.52. The van der Waals surface area contributed by atoms with Crippen molar-refractivity contribution in [2.45, 2.75) is 45.2 Å². The lowest BCUT2D eigenvalue weighted by Crippen LogP contribution is -2.16. The summed E-state index contributed by atoms with van der Waals surface area (Å²) in [6.07, 6.45) is 8.69. The third kappa shape index (κ3) is 3.90. The Hall–Kier alpha value is -2.17. The molecule has 2 aromatic rings. The van der Waals surface area contributed by atoms with Crippen LogP contribution in [0.3, 0.4) is 0 Å². The van der Waals surface area contributed by atoms with Crippen LogP contribution >= 0.6 is 0 Å². The van der Waals surface area contributed by atoms with Crippen LogP contribution in [0.15, 0.2) is 30.6 Å². The van der Waals surface area contributed by atoms with Gasteiger partial charge < -0.3 is 10.6 Å². The Kier molecular flexibility index (Phi) is 4.28. The second-order valence-electron chi connectivity index (χ2n) is 5.55. The zero-order valence-electron chi connectivity index (χ0n) is 12.3. The molecule has 0 saturated heterocycles. The zero-order chi connectivity index (χ0) is 14.5. The average molecular weight is 283 g/mol. The maximum absolute atomic E-state index is 4.56. The SMILES string of the molecule is Cc1cc(NC2CCCC2)nc(NCc2ccncc2)n1. The number of rotatable bonds is 5. The number of nitrogens with one attached hydrogen (secondary N) is 2. The molecule has 0 aliphatic heterocycles. The summed E-state index contributed by atoms with van der Waals surface area (Å²) in [4.78, 5) is 13.0. The van der Waals surface area contributed by atoms with Crippen molar-refractivity contribution in [2.24, 2.45) is 0 Å². The van der Waals surface area contributed by atoms with E-state index in [9.17, 15) is 0 Å². The van der Waals surface area contributed by atoms with Gasteiger partial charge in [-0.1, -0.05) is 12.8 Å². The van der Waals surface area contributed by atoms with E-state index in [4.69, 9.17) is 0 Å². The number of hydrogen-bond donors (Lipinski definition) is 2. The van der Waals surface area contributed by atoms with Crippen molar-refractivity contribution in [2.75, 3.05) is 10.6 Å². The Morgan fingerprint density at radius 2 is 1.90 bits per heavy atom. The summed E-state index contributed by atoms with van der Waals surface area (Å²) in [7, 11) is 0. The fourth-order valence-electron chi connectivity index (χ4n) is 2.68. The maximum Gasteiger partial charge on any atom is 0.225 e. The molecular formula is C16H21N5. The van der Waals surface area contributed by atoms with E-state index in [-0.39, 0.29) is 0 Å². The first-order valence-electron chi connectivity index (χ1n) is 7.54. The normalized spacial score (nSPS) is 15.1. The summed E-state index contributed by atoms with van der Waals surface area (Å²) in [5.74, 6) is 1.60. The number of nitrogens with zero attached hydrogens (tertiary/aromatic N) is 3. The summed E-state index contributed by atoms with van der Waals surface area (Å²) in [5, 5.41) is 6.80. The molecule has 0 radical (unpaired) electrons. The molecule has 2 aromatic heterocycles. The van der Waals surface area contributed by atoms with E-state index in [1.807, 2.05) is 25.1 Å². The number of aromatic nitrogens is 3. The molecule has 2 N–H and O–H groups in total. The molecule has 5 heteroatoms. The molecule has 0 unspecified atom stereocenters. The summed E-state index contributed by atoms with van der Waals surface area (Å²) in [5.41, 5.74) is 2.14. The zero-order valence-corrected chi connectivity index (χ0v) is 12.3. The van der Waals surface area contributed by atoms with E-state index < -0.39 is 0 Å². The predicted molar refractivity (Wildman–Crippen MR) is 84.2 cm³/mol. The summed E-state index contributed by atoms with van der Waals surface area (Å²) in [6.45, 7) is 2.70. The molecule has 0 bridgehead atoms. The van der Waals surface area contributed by atoms with Crippen LogP contribution in [0.2, 0.25) is 0 Å². The highest BCUT2D eigenvalue weighted by molar-refractivity contribution is 5.43. The molecule has 0 amide bonds. The molecule has 1 aliphatic rings. The molecule has 1 aliphatic carbocycles. The molecule has 0 atom stereocenters. The standard InChI is InChI=1S/C16H21N5/c1-12-10-15(20-14-4-2-3-5-14)21-16(19-12)18-11-13-6-8-17-9-7-13/h6-10,14H,2-5,11H2,1H3,(H2,18,19,20,21). The highest BCUT2D eigenvalue weighted by atomic mass is 15.1. The van der Waals surface area contributed by atoms with Crippen molar-refractivity contribution in [1.82, 2.24) is 15.0 Å². The van der Waals surface area contributed by atoms with Gasteiger partial charge in [-0.25, -0.2) is 4.98 Å². The monoisotopic (exact) mass is 283 g/mol. The Labute approximate surface area is 125 Å². The highest BCUT2D eigenvalue weighted by Crippen LogP contribution is 2.22. The fraction of sp³-hybridized carbons (Fsp3) is 0.438. The summed E-state index contributed by atoms with van der Waals surface area (Å²) >= 11 is 0. The summed E-state index contributed by atoms with van der Waals surface area (Å²) < 4.78 is 0. The third-order valence-corrected chi connectivity index (χ3v) is 3.76. The van der Waals surface area contributed by atoms with Crippen LogP contribution in [0.1, 0.15) is 36.9 Å². The van der Waals surface area contributed by atoms with Crippen LogP contribution in [-0.2, 0) is 6.54 Å². The van der Waals surface area contributed by atoms with E-state index in [2.05, 4.69) is 25.6 Å². The van der Waals surface area contributed by atoms with E-state index in [1.54, 1.807) is 12.4 Å². The molecule has 0 spiro atoms. The van der Waals surface area contributed by atoms with Gasteiger partial charge in [-0.05, 0) is 37.5 Å². The van der Waals surface area contributed by atoms with Gasteiger partial charge in [0.05, 0.1) is 0 Å². The van der Waals surface area contributed by atoms with Crippen molar-refractivity contribution >= 4 is 11.8 Å². The van der Waals surface area contributed by atoms with Gasteiger partial charge in [0, 0.05) is 36.7 Å². The minimum Gasteiger partial charge on any atom is -0.367 e. The van der Waals surface area contributed by atoms with Crippen molar-refractivity contribution in [3.05, 3.63) is 41.9 Å². The number of aryl methyl sites for hydroxylation is 1. The van der Waals surface area contributed by atoms with Crippen molar-refractivity contribution < 1.29 is 0 Å². The molecule has 110 valence electrons. The van der Waals surface area contributed by atoms with Gasteiger partial charge in [0.15, 0.2) is 0 Å². The van der Waals surface area contributed by atoms with Crippen LogP contribution in [0, 0.1) is 6.92 Å². The molecule has 21 heavy (non-hydrogen) atoms. The number of hydrogen-bond acceptors (Lipinski definition) is 5. The molecule has 1 saturated carbocycles. The van der Waals surface area contributed by atoms with Gasteiger partial charge in [-0.2, -0.15) is 4.98 Å². The molecule has 5 nitrogen and oxygen atoms in total. The molecule has 2 heterocycles. The van der Waals surface area contributed by atoms with Crippen molar-refractivity contribution in [3.8, 4) is 0 Å². The van der Waals surface area contributed by atoms with Crippen LogP contribution in [0.4, 0.5) is 11.8 Å². The lowest BCUT2D eigenvalue weighted by Gasteiger charge is -2.14. The predicted octanol–water partition coefficient (Wildman–Crippen LogP) is 3.15. The maximum atomic E-state index is 4.56. The van der Waals surface area contributed by atoms with Crippen molar-refractivity contribution in [3.63, 3.8) is 0 Å². The minimum absolute atomic E-state index is 0.562. The van der Waals surface area contributed by atoms with Crippen LogP contribution in [0.25, 0.3) is 0 Å². The molecule has 0 aromatic carbocycles. The van der Waals surface area contributed by atoms with E-state index in [0.717, 1.165) is 11.5 Å². The Morgan fingerprint density at radius 3 is 2.67 bits per heavy atom. The first-order chi connectivity index (χ1) is 10.3. The quantitative estimate of drug-likeness (QED) is 0.882. The van der Waals surface area contributed by atoms with E-state index in [1.165, 1.54) is 31.2 Å². The van der Waals surface area contributed by atoms with Crippen LogP contribution < -0.4 is 10.6 Å². The summed E-state index contributed by atoms with van der Waals surface area (Å²) in [6, 6.07) is 6.55. The van der Waals surface area contributed by atoms with Gasteiger partial charge >= 0.3 is 0 Å². The van der Waals surface area contributed by atoms with Crippen molar-refractivity contribution in [1.29, 1.82) is 0 Å². The third-order valence-electron chi connectivity index (χ3n) is 3.76. The first-order valence-corrected chi connectivity index (χ1v) is 7.54. The largest absolute Gasteiger partial charge is 0.367 e. The second-order valence-corrected chi connectivity index (χ2v) is 5.55. The first kappa shape index (κ1) is 13.8. The van der Waals surface area contributed by atoms with Gasteiger partial charge in [-0.15, -0.1) is 0 Å². The lowest BCUT2D eigenvalue weighted by molar-refractivity contribution is 0.749. The number of anilines is 2. The Morgan fingerprint density at radius 1 is 1.14 bits per heavy atom. The average Bonchev–Trinajstić information content (AvgIpc) is 2.99. The Bertz CT molecular complexity index is 578. The fourth-order valence-corrected chi connectivity index (χ4v) is 2.68. The smallest absolute Gasteiger partial charge is 0.225 e. The van der Waals surface area contributed by atoms with E-state index >= 15 is 0 Å². The van der Waals surface area contributed by atoms with Gasteiger partial charge in [0.25, 0.3) is 0 Å². The van der Waals surface area contributed by atoms with Gasteiger partial charge in [0.2, 0.25) is 5.95 Å². The molecule has 3 rings (SSSR count). The molecular weight excluding hydrogens is 262 g/mol. The van der Waals surface area contributed by atoms with E-state index in [0.29, 0.717) is 18.5 Å².